The van der Waals surface area contributed by atoms with Crippen LogP contribution in [0.15, 0.2) is 54.2 Å². The lowest BCUT2D eigenvalue weighted by molar-refractivity contribution is 0.413. The fourth-order valence-electron chi connectivity index (χ4n) is 1.52. The fourth-order valence-corrected chi connectivity index (χ4v) is 1.58. The van der Waals surface area contributed by atoms with Gasteiger partial charge in [-0.1, -0.05) is 24.8 Å². The lowest BCUT2D eigenvalue weighted by Crippen LogP contribution is -1.90. The summed E-state index contributed by atoms with van der Waals surface area (Å²) in [4.78, 5) is 3.92. The summed E-state index contributed by atoms with van der Waals surface area (Å²) in [7, 11) is 1.64. The molecular weight excluding hydrogens is 270 g/mol. The highest BCUT2D eigenvalue weighted by Crippen LogP contribution is 2.26. The molecule has 0 amide bonds. The van der Waals surface area contributed by atoms with Crippen LogP contribution in [0.25, 0.3) is 5.57 Å². The van der Waals surface area contributed by atoms with E-state index in [-0.39, 0.29) is 5.05 Å². The number of aryl methyl sites for hydroxylation is 1. The van der Waals surface area contributed by atoms with Crippen LogP contribution in [0.1, 0.15) is 11.1 Å². The van der Waals surface area contributed by atoms with Crippen LogP contribution in [-0.4, -0.2) is 23.5 Å². The highest BCUT2D eigenvalue weighted by Gasteiger charge is 2.04. The number of ether oxygens (including phenoxy) is 1. The van der Waals surface area contributed by atoms with Crippen molar-refractivity contribution in [3.63, 3.8) is 0 Å². The van der Waals surface area contributed by atoms with E-state index >= 15 is 0 Å². The van der Waals surface area contributed by atoms with Gasteiger partial charge >= 0.3 is 0 Å². The van der Waals surface area contributed by atoms with Crippen LogP contribution in [-0.2, 0) is 0 Å². The average Bonchev–Trinajstić information content (AvgIpc) is 2.41. The van der Waals surface area contributed by atoms with Crippen LogP contribution >= 0.6 is 12.2 Å². The molecule has 0 saturated heterocycles. The predicted molar refractivity (Wildman–Crippen MR) is 88.8 cm³/mol. The van der Waals surface area contributed by atoms with Crippen LogP contribution in [0.4, 0.5) is 0 Å². The summed E-state index contributed by atoms with van der Waals surface area (Å²) in [5, 5.41) is 8.56. The number of nitrogens with zero attached hydrogens (tertiary/aromatic N) is 1. The Labute approximate surface area is 124 Å². The second kappa shape index (κ2) is 8.07. The minimum Gasteiger partial charge on any atom is -0.499 e. The molecule has 0 atom stereocenters. The van der Waals surface area contributed by atoms with Crippen LogP contribution in [0.3, 0.4) is 0 Å². The standard InChI is InChI=1S/C16H17NO2S/c1-12-6-7-14(15(11-12)19-3)13(2)5-4-9-17-10-8-16(18)20/h4-11H,2H2,1,3H3,(H,18,20)/b5-4-,10-8+,17-9+. The van der Waals surface area contributed by atoms with Gasteiger partial charge in [0, 0.05) is 24.1 Å². The van der Waals surface area contributed by atoms with Crippen molar-refractivity contribution in [3.05, 3.63) is 60.3 Å². The predicted octanol–water partition coefficient (Wildman–Crippen LogP) is 4.04. The highest BCUT2D eigenvalue weighted by atomic mass is 32.1. The molecule has 0 aromatic heterocycles. The third-order valence-corrected chi connectivity index (χ3v) is 2.61. The Bertz CT molecular complexity index is 586. The third-order valence-electron chi connectivity index (χ3n) is 2.48. The second-order valence-electron chi connectivity index (χ2n) is 4.04. The van der Waals surface area contributed by atoms with Crippen molar-refractivity contribution in [3.8, 4) is 5.75 Å². The minimum atomic E-state index is -0.195. The first-order valence-electron chi connectivity index (χ1n) is 5.98. The number of aliphatic imine (C=N–C) groups is 1. The molecule has 1 N–H and O–H groups in total. The highest BCUT2D eigenvalue weighted by molar-refractivity contribution is 7.80. The summed E-state index contributed by atoms with van der Waals surface area (Å²) < 4.78 is 5.34. The first-order chi connectivity index (χ1) is 9.54. The molecule has 3 nitrogen and oxygen atoms in total. The van der Waals surface area contributed by atoms with Gasteiger partial charge in [0.15, 0.2) is 5.05 Å². The Hall–Kier alpha value is -2.20. The lowest BCUT2D eigenvalue weighted by Gasteiger charge is -2.09. The summed E-state index contributed by atoms with van der Waals surface area (Å²) in [6.07, 6.45) is 7.92. The molecule has 0 aliphatic rings. The van der Waals surface area contributed by atoms with Gasteiger partial charge < -0.3 is 9.84 Å². The quantitative estimate of drug-likeness (QED) is 0.371. The van der Waals surface area contributed by atoms with Crippen molar-refractivity contribution in [2.24, 2.45) is 4.99 Å². The molecule has 0 fully saturated rings. The minimum absolute atomic E-state index is 0.195. The van der Waals surface area contributed by atoms with Crippen LogP contribution in [0.5, 0.6) is 5.75 Å². The SMILES string of the molecule is C=C(\C=C/C=N/C=C/C(O)=S)c1ccc(C)cc1OC. The second-order valence-corrected chi connectivity index (χ2v) is 4.46. The maximum atomic E-state index is 8.75. The molecule has 1 aromatic rings. The number of benzene rings is 1. The van der Waals surface area contributed by atoms with Gasteiger partial charge in [-0.25, -0.2) is 0 Å². The van der Waals surface area contributed by atoms with Crippen molar-refractivity contribution >= 4 is 29.1 Å². The number of aliphatic hydroxyl groups is 1. The van der Waals surface area contributed by atoms with Gasteiger partial charge in [0.25, 0.3) is 0 Å². The van der Waals surface area contributed by atoms with E-state index in [4.69, 9.17) is 9.84 Å². The number of allylic oxidation sites excluding steroid dienone is 3. The Balaban J connectivity index is 2.74. The zero-order valence-corrected chi connectivity index (χ0v) is 12.4. The molecule has 0 heterocycles. The van der Waals surface area contributed by atoms with Gasteiger partial charge in [-0.2, -0.15) is 0 Å². The smallest absolute Gasteiger partial charge is 0.182 e. The van der Waals surface area contributed by atoms with Crippen LogP contribution in [0.2, 0.25) is 0 Å². The number of hydrogen-bond acceptors (Lipinski definition) is 3. The average molecular weight is 287 g/mol. The maximum Gasteiger partial charge on any atom is 0.182 e. The van der Waals surface area contributed by atoms with Crippen LogP contribution < -0.4 is 4.74 Å². The van der Waals surface area contributed by atoms with E-state index < -0.39 is 0 Å². The molecule has 0 unspecified atom stereocenters. The van der Waals surface area contributed by atoms with Gasteiger partial charge in [0.2, 0.25) is 0 Å². The molecule has 104 valence electrons. The Morgan fingerprint density at radius 3 is 2.80 bits per heavy atom. The van der Waals surface area contributed by atoms with Crippen molar-refractivity contribution < 1.29 is 9.84 Å². The van der Waals surface area contributed by atoms with Gasteiger partial charge in [0.1, 0.15) is 5.75 Å². The zero-order valence-electron chi connectivity index (χ0n) is 11.5. The summed E-state index contributed by atoms with van der Waals surface area (Å²) >= 11 is 4.47. The Morgan fingerprint density at radius 1 is 1.40 bits per heavy atom. The van der Waals surface area contributed by atoms with Gasteiger partial charge in [-0.05, 0) is 42.4 Å². The molecule has 0 aliphatic carbocycles. The Kier molecular flexibility index (Phi) is 6.40. The van der Waals surface area contributed by atoms with Crippen molar-refractivity contribution in [2.75, 3.05) is 7.11 Å². The number of thiocarbonyl (C=S) groups is 1. The molecule has 0 aliphatic heterocycles. The molecular formula is C16H17NO2S. The molecule has 0 saturated carbocycles. The number of methoxy groups -OCH3 is 1. The molecule has 1 aromatic carbocycles. The van der Waals surface area contributed by atoms with E-state index in [1.165, 1.54) is 12.3 Å². The first kappa shape index (κ1) is 15.9. The summed E-state index contributed by atoms with van der Waals surface area (Å²) in [6, 6.07) is 5.95. The normalized spacial score (nSPS) is 11.5. The first-order valence-corrected chi connectivity index (χ1v) is 6.38. The van der Waals surface area contributed by atoms with Gasteiger partial charge in [-0.3, -0.25) is 4.99 Å². The molecule has 20 heavy (non-hydrogen) atoms. The van der Waals surface area contributed by atoms with E-state index in [2.05, 4.69) is 23.8 Å². The monoisotopic (exact) mass is 287 g/mol. The number of aliphatic hydroxyl groups excluding tert-OH is 1. The molecule has 0 bridgehead atoms. The Morgan fingerprint density at radius 2 is 2.15 bits per heavy atom. The summed E-state index contributed by atoms with van der Waals surface area (Å²) in [5.41, 5.74) is 2.90. The van der Waals surface area contributed by atoms with Crippen molar-refractivity contribution in [1.82, 2.24) is 0 Å². The number of rotatable bonds is 6. The third kappa shape index (κ3) is 5.20. The van der Waals surface area contributed by atoms with E-state index in [1.54, 1.807) is 19.4 Å². The molecule has 1 rings (SSSR count). The van der Waals surface area contributed by atoms with Gasteiger partial charge in [-0.15, -0.1) is 0 Å². The van der Waals surface area contributed by atoms with Crippen molar-refractivity contribution in [1.29, 1.82) is 0 Å². The fraction of sp³-hybridized carbons (Fsp3) is 0.125. The summed E-state index contributed by atoms with van der Waals surface area (Å²) in [6.45, 7) is 6.01. The van der Waals surface area contributed by atoms with E-state index in [1.807, 2.05) is 31.2 Å². The lowest BCUT2D eigenvalue weighted by atomic mass is 10.0. The zero-order chi connectivity index (χ0) is 15.0. The molecule has 0 radical (unpaired) electrons. The number of hydrogen-bond donors (Lipinski definition) is 1. The molecule has 0 spiro atoms. The topological polar surface area (TPSA) is 41.8 Å². The van der Waals surface area contributed by atoms with E-state index in [0.717, 1.165) is 22.4 Å². The largest absolute Gasteiger partial charge is 0.499 e. The maximum absolute atomic E-state index is 8.75. The van der Waals surface area contributed by atoms with Gasteiger partial charge in [0.05, 0.1) is 7.11 Å². The van der Waals surface area contributed by atoms with Crippen molar-refractivity contribution in [2.45, 2.75) is 6.92 Å². The van der Waals surface area contributed by atoms with Crippen LogP contribution in [0, 0.1) is 6.92 Å². The molecule has 4 heteroatoms. The van der Waals surface area contributed by atoms with E-state index in [0.29, 0.717) is 0 Å². The van der Waals surface area contributed by atoms with E-state index in [9.17, 15) is 0 Å². The summed E-state index contributed by atoms with van der Waals surface area (Å²) in [5.74, 6) is 0.794.